The maximum Gasteiger partial charge on any atom is 0.268 e. The number of nitrogens with zero attached hydrogens (tertiary/aromatic N) is 10. The van der Waals surface area contributed by atoms with Crippen molar-refractivity contribution < 1.29 is 19.1 Å². The summed E-state index contributed by atoms with van der Waals surface area (Å²) in [4.78, 5) is 49.0. The summed E-state index contributed by atoms with van der Waals surface area (Å²) in [5, 5.41) is 7.46. The molecular weight excluding hydrogens is 881 g/mol. The van der Waals surface area contributed by atoms with E-state index in [0.717, 1.165) is 71.6 Å². The van der Waals surface area contributed by atoms with Crippen molar-refractivity contribution in [2.45, 2.75) is 165 Å². The summed E-state index contributed by atoms with van der Waals surface area (Å²) < 4.78 is 16.0. The van der Waals surface area contributed by atoms with Crippen molar-refractivity contribution in [2.75, 3.05) is 46.8 Å². The zero-order valence-corrected chi connectivity index (χ0v) is 44.7. The van der Waals surface area contributed by atoms with Crippen LogP contribution in [0.25, 0.3) is 0 Å². The molecule has 0 aromatic carbocycles. The van der Waals surface area contributed by atoms with E-state index in [1.54, 1.807) is 29.4 Å². The van der Waals surface area contributed by atoms with Gasteiger partial charge in [0.1, 0.15) is 6.26 Å². The average Bonchev–Trinajstić information content (AvgIpc) is 4.22. The van der Waals surface area contributed by atoms with Gasteiger partial charge in [-0.05, 0) is 101 Å². The van der Waals surface area contributed by atoms with Crippen LogP contribution in [0.4, 0.5) is 0 Å². The lowest BCUT2D eigenvalue weighted by Gasteiger charge is -2.10. The molecule has 0 bridgehead atoms. The quantitative estimate of drug-likeness (QED) is 0.128. The molecule has 1 saturated heterocycles. The van der Waals surface area contributed by atoms with Crippen LogP contribution in [-0.4, -0.2) is 110 Å². The molecule has 2 fully saturated rings. The van der Waals surface area contributed by atoms with E-state index in [1.807, 2.05) is 52.0 Å². The molecule has 1 unspecified atom stereocenters. The van der Waals surface area contributed by atoms with E-state index in [0.29, 0.717) is 12.3 Å². The minimum absolute atomic E-state index is 0.0214. The largest absolute Gasteiger partial charge is 0.479 e. The molecule has 6 heterocycles. The molecule has 1 atom stereocenters. The molecule has 15 heteroatoms. The van der Waals surface area contributed by atoms with Crippen molar-refractivity contribution in [3.05, 3.63) is 96.8 Å². The molecule has 3 aliphatic heterocycles. The molecule has 3 aromatic rings. The predicted octanol–water partition coefficient (Wildman–Crippen LogP) is 10.9. The molecule has 0 N–H and O–H groups in total. The van der Waals surface area contributed by atoms with Crippen molar-refractivity contribution >= 4 is 29.7 Å². The van der Waals surface area contributed by atoms with Gasteiger partial charge in [-0.15, -0.1) is 0 Å². The fourth-order valence-electron chi connectivity index (χ4n) is 7.67. The fourth-order valence-corrected chi connectivity index (χ4v) is 7.67. The van der Waals surface area contributed by atoms with Crippen LogP contribution in [0.2, 0.25) is 0 Å². The Labute approximate surface area is 422 Å². The van der Waals surface area contributed by atoms with E-state index in [1.165, 1.54) is 101 Å². The molecule has 70 heavy (non-hydrogen) atoms. The molecule has 3 aromatic heterocycles. The number of rotatable bonds is 16. The molecule has 8 rings (SSSR count). The highest BCUT2D eigenvalue weighted by Crippen LogP contribution is 2.26. The summed E-state index contributed by atoms with van der Waals surface area (Å²) in [6.45, 7) is 26.1. The van der Waals surface area contributed by atoms with E-state index < -0.39 is 0 Å². The van der Waals surface area contributed by atoms with E-state index in [9.17, 15) is 14.4 Å². The minimum atomic E-state index is -0.343. The number of aliphatic imine (C=N–C) groups is 1. The Kier molecular flexibility index (Phi) is 38.2. The molecule has 5 aliphatic rings. The summed E-state index contributed by atoms with van der Waals surface area (Å²) in [5.41, 5.74) is 1.45. The Morgan fingerprint density at radius 2 is 1.30 bits per heavy atom. The third kappa shape index (κ3) is 29.7. The lowest BCUT2D eigenvalue weighted by atomic mass is 10.00. The second-order valence-electron chi connectivity index (χ2n) is 17.4. The Morgan fingerprint density at radius 1 is 0.671 bits per heavy atom. The number of hydrogen-bond donors (Lipinski definition) is 0. The molecule has 0 amide bonds. The maximum absolute atomic E-state index is 10.9. The van der Waals surface area contributed by atoms with Crippen molar-refractivity contribution in [1.82, 2.24) is 33.5 Å². The van der Waals surface area contributed by atoms with Crippen LogP contribution in [0.3, 0.4) is 0 Å². The molecule has 0 radical (unpaired) electrons. The van der Waals surface area contributed by atoms with Crippen LogP contribution in [0.5, 0.6) is 0 Å². The highest BCUT2D eigenvalue weighted by molar-refractivity contribution is 6.18. The number of carbonyl (C=O) groups is 2. The Balaban J connectivity index is 0.000000401. The van der Waals surface area contributed by atoms with Crippen LogP contribution < -0.4 is 5.56 Å². The first-order valence-electron chi connectivity index (χ1n) is 26.3. The van der Waals surface area contributed by atoms with Crippen molar-refractivity contribution in [3.8, 4) is 0 Å². The van der Waals surface area contributed by atoms with Crippen molar-refractivity contribution in [2.24, 2.45) is 32.9 Å². The standard InChI is InChI=1S/C9H17N.C8H10O2.C7H10N2O.C7H11N.2C6H10N2.C6H13NO.C6H11NO/c1-3-5-8-6-4-7-9(8)10-2;1-2-3-6-7(9)4-5-8(6)10;1-2-4-9-5-3-8-6-7(9)10;1-2-5-8-6-3-4-7-8;1-2-4-8-5-3-7-6-8;1-2-3-6-4-7-8-5-6;2*1-2-3-7-4-5-8-6-7/h8H,3-7H2,1-2H3;4-6H,2-3H2,1H3;3,5-6H,2,4H2,1H3;3-4,6-7H,2,5H2,1H3;3,5-6H,2,4H2,1H3;4-6H,2-3H2,1H3;2-6H2,1H3;4-5H,2-3,6H2,1H3. The number of hydrogen-bond acceptors (Lipinski definition) is 12. The fraction of sp³-hybridized carbons (Fsp3) is 0.636. The maximum atomic E-state index is 10.9. The zero-order chi connectivity index (χ0) is 51.5. The van der Waals surface area contributed by atoms with E-state index in [2.05, 4.69) is 110 Å². The van der Waals surface area contributed by atoms with Crippen LogP contribution >= 0.6 is 0 Å². The number of ether oxygens (including phenoxy) is 2. The molecule has 392 valence electrons. The van der Waals surface area contributed by atoms with Crippen molar-refractivity contribution in [1.29, 1.82) is 0 Å². The third-order valence-electron chi connectivity index (χ3n) is 11.2. The summed E-state index contributed by atoms with van der Waals surface area (Å²) in [7, 11) is 1.93. The van der Waals surface area contributed by atoms with E-state index in [-0.39, 0.29) is 23.0 Å². The van der Waals surface area contributed by atoms with Gasteiger partial charge in [0.05, 0.1) is 31.8 Å². The van der Waals surface area contributed by atoms with E-state index >= 15 is 0 Å². The second-order valence-corrected chi connectivity index (χ2v) is 17.4. The average molecular weight is 973 g/mol. The smallest absolute Gasteiger partial charge is 0.268 e. The van der Waals surface area contributed by atoms with Gasteiger partial charge in [0.25, 0.3) is 5.56 Å². The first kappa shape index (κ1) is 62.7. The number of carbonyl (C=O) groups excluding carboxylic acids is 2. The lowest BCUT2D eigenvalue weighted by molar-refractivity contribution is -0.126. The molecular formula is C55H92N10O5. The normalized spacial score (nSPS) is 17.1. The second kappa shape index (κ2) is 42.6. The third-order valence-corrected chi connectivity index (χ3v) is 11.2. The highest BCUT2D eigenvalue weighted by Gasteiger charge is 2.26. The SMILES string of the molecule is CCCC1C(=O)C=CC1=O.CCCC1C=NN=C1.CCCC1CCCC1=NC.CCCN1C=COC1.CCCN1CCOC1.CCCn1cccc1.CCCn1ccnc1.CCCn1ccncc1=O. The van der Waals surface area contributed by atoms with E-state index in [4.69, 9.17) is 9.47 Å². The van der Waals surface area contributed by atoms with Crippen LogP contribution in [0.1, 0.15) is 145 Å². The number of aryl methyl sites for hydroxylation is 3. The molecule has 2 aliphatic carbocycles. The van der Waals surface area contributed by atoms with Crippen LogP contribution in [0, 0.1) is 17.8 Å². The first-order valence-corrected chi connectivity index (χ1v) is 26.3. The van der Waals surface area contributed by atoms with Gasteiger partial charge in [0.2, 0.25) is 0 Å². The summed E-state index contributed by atoms with van der Waals surface area (Å²) in [5.74, 6) is 0.985. The number of allylic oxidation sites excluding steroid dienone is 2. The van der Waals surface area contributed by atoms with Crippen LogP contribution in [0.15, 0.2) is 106 Å². The Hall–Kier alpha value is -5.28. The predicted molar refractivity (Wildman–Crippen MR) is 289 cm³/mol. The van der Waals surface area contributed by atoms with Gasteiger partial charge in [-0.25, -0.2) is 4.98 Å². The zero-order valence-electron chi connectivity index (χ0n) is 44.7. The van der Waals surface area contributed by atoms with Gasteiger partial charge < -0.3 is 28.1 Å². The molecule has 15 nitrogen and oxygen atoms in total. The minimum Gasteiger partial charge on any atom is -0.479 e. The van der Waals surface area contributed by atoms with Gasteiger partial charge in [-0.2, -0.15) is 10.2 Å². The van der Waals surface area contributed by atoms with Gasteiger partial charge in [-0.3, -0.25) is 29.3 Å². The Morgan fingerprint density at radius 3 is 1.81 bits per heavy atom. The van der Waals surface area contributed by atoms with Gasteiger partial charge in [0.15, 0.2) is 18.3 Å². The van der Waals surface area contributed by atoms with Crippen LogP contribution in [-0.2, 0) is 38.7 Å². The summed E-state index contributed by atoms with van der Waals surface area (Å²) in [6, 6.07) is 4.10. The topological polar surface area (TPSA) is 154 Å². The molecule has 1 saturated carbocycles. The highest BCUT2D eigenvalue weighted by atomic mass is 16.5. The van der Waals surface area contributed by atoms with Gasteiger partial charge in [0, 0.05) is 114 Å². The van der Waals surface area contributed by atoms with Crippen molar-refractivity contribution in [3.63, 3.8) is 0 Å². The molecule has 0 spiro atoms. The summed E-state index contributed by atoms with van der Waals surface area (Å²) in [6.07, 6.45) is 41.2. The first-order chi connectivity index (χ1) is 34.1. The monoisotopic (exact) mass is 973 g/mol. The number of imidazole rings is 1. The number of aromatic nitrogens is 5. The lowest BCUT2D eigenvalue weighted by Crippen LogP contribution is -2.20. The summed E-state index contributed by atoms with van der Waals surface area (Å²) >= 11 is 0. The number of ketones is 2. The van der Waals surface area contributed by atoms with Gasteiger partial charge >= 0.3 is 0 Å². The Bertz CT molecular complexity index is 1850. The van der Waals surface area contributed by atoms with Gasteiger partial charge in [-0.1, -0.05) is 74.7 Å².